The van der Waals surface area contributed by atoms with E-state index in [1.807, 2.05) is 48.7 Å². The van der Waals surface area contributed by atoms with Gasteiger partial charge in [-0.05, 0) is 14.1 Å². The van der Waals surface area contributed by atoms with Crippen molar-refractivity contribution in [1.82, 2.24) is 4.31 Å². The predicted octanol–water partition coefficient (Wildman–Crippen LogP) is 3.41. The van der Waals surface area contributed by atoms with Gasteiger partial charge in [-0.2, -0.15) is 8.76 Å². The number of hydrogen-bond acceptors (Lipinski definition) is 4. The first-order valence-corrected chi connectivity index (χ1v) is 7.54. The molecule has 1 atom stereocenters. The van der Waals surface area contributed by atoms with Gasteiger partial charge in [0.15, 0.2) is 11.7 Å². The molecule has 0 saturated heterocycles. The van der Waals surface area contributed by atoms with Gasteiger partial charge in [-0.25, -0.2) is 9.30 Å². The van der Waals surface area contributed by atoms with Crippen molar-refractivity contribution in [2.75, 3.05) is 14.1 Å². The maximum atomic E-state index is 5.87. The zero-order valence-electron chi connectivity index (χ0n) is 10.2. The minimum Gasteiger partial charge on any atom is -0.229 e. The van der Waals surface area contributed by atoms with Gasteiger partial charge in [-0.1, -0.05) is 65.1 Å². The zero-order valence-corrected chi connectivity index (χ0v) is 13.3. The fraction of sp³-hybridized carbons (Fsp3) is 0.273. The van der Waals surface area contributed by atoms with Crippen LogP contribution in [0.4, 0.5) is 0 Å². The second kappa shape index (κ2) is 5.89. The predicted molar refractivity (Wildman–Crippen MR) is 84.2 cm³/mol. The van der Waals surface area contributed by atoms with Crippen LogP contribution in [0.3, 0.4) is 0 Å². The molecular weight excluding hydrogens is 327 g/mol. The van der Waals surface area contributed by atoms with E-state index < -0.39 is 14.9 Å². The summed E-state index contributed by atoms with van der Waals surface area (Å²) in [7, 11) is 3.72. The summed E-state index contributed by atoms with van der Waals surface area (Å²) in [5.41, 5.74) is 0.864. The monoisotopic (exact) mass is 336 g/mol. The average molecular weight is 338 g/mol. The lowest BCUT2D eigenvalue weighted by Gasteiger charge is -2.19. The van der Waals surface area contributed by atoms with Crippen LogP contribution < -0.4 is 0 Å². The Labute approximate surface area is 129 Å². The van der Waals surface area contributed by atoms with Crippen LogP contribution in [-0.2, 0) is 11.1 Å². The Hall–Kier alpha value is -0.460. The summed E-state index contributed by atoms with van der Waals surface area (Å²) >= 11 is 16.9. The van der Waals surface area contributed by atoms with Crippen LogP contribution in [0, 0.1) is 0 Å². The number of hydrogen-bond donors (Lipinski definition) is 0. The summed E-state index contributed by atoms with van der Waals surface area (Å²) in [4.78, 5) is 4.24. The minimum atomic E-state index is -1.66. The molecule has 4 nitrogen and oxygen atoms in total. The first-order chi connectivity index (χ1) is 8.88. The summed E-state index contributed by atoms with van der Waals surface area (Å²) in [6.45, 7) is 0. The van der Waals surface area contributed by atoms with Gasteiger partial charge < -0.3 is 0 Å². The molecule has 0 saturated carbocycles. The Morgan fingerprint density at radius 3 is 2.26 bits per heavy atom. The molecule has 0 aromatic heterocycles. The first-order valence-electron chi connectivity index (χ1n) is 5.31. The van der Waals surface area contributed by atoms with Crippen molar-refractivity contribution in [2.24, 2.45) is 13.8 Å². The highest BCUT2D eigenvalue weighted by Gasteiger charge is 2.31. The molecule has 1 aliphatic heterocycles. The van der Waals surface area contributed by atoms with E-state index in [2.05, 4.69) is 13.8 Å². The maximum absolute atomic E-state index is 5.87. The van der Waals surface area contributed by atoms with E-state index in [0.717, 1.165) is 5.56 Å². The van der Waals surface area contributed by atoms with Gasteiger partial charge in [0.25, 0.3) is 3.79 Å². The Balaban J connectivity index is 2.50. The molecule has 0 radical (unpaired) electrons. The summed E-state index contributed by atoms with van der Waals surface area (Å²) in [6, 6.07) is 9.54. The third-order valence-corrected chi connectivity index (χ3v) is 3.99. The van der Waals surface area contributed by atoms with E-state index in [9.17, 15) is 0 Å². The van der Waals surface area contributed by atoms with Gasteiger partial charge >= 0.3 is 0 Å². The third-order valence-electron chi connectivity index (χ3n) is 2.16. The second-order valence-corrected chi connectivity index (χ2v) is 7.73. The van der Waals surface area contributed by atoms with Crippen molar-refractivity contribution in [2.45, 2.75) is 3.79 Å². The van der Waals surface area contributed by atoms with Crippen LogP contribution in [-0.4, -0.2) is 33.9 Å². The molecule has 102 valence electrons. The van der Waals surface area contributed by atoms with Crippen LogP contribution in [0.5, 0.6) is 0 Å². The molecule has 8 heteroatoms. The summed E-state index contributed by atoms with van der Waals surface area (Å²) in [5, 5.41) is 0. The van der Waals surface area contributed by atoms with E-state index in [4.69, 9.17) is 34.8 Å². The molecule has 0 bridgehead atoms. The Bertz CT molecular complexity index is 561. The van der Waals surface area contributed by atoms with Crippen molar-refractivity contribution in [1.29, 1.82) is 0 Å². The van der Waals surface area contributed by atoms with E-state index in [1.165, 1.54) is 0 Å². The molecule has 1 aromatic rings. The van der Waals surface area contributed by atoms with E-state index in [-0.39, 0.29) is 5.84 Å². The fourth-order valence-corrected chi connectivity index (χ4v) is 2.70. The molecule has 1 unspecified atom stereocenters. The first kappa shape index (κ1) is 14.9. The SMILES string of the molecule is CN(C)S1=NC(C(Cl)(Cl)Cl)=NC(c2ccccc2)=N1. The molecule has 0 fully saturated rings. The summed E-state index contributed by atoms with van der Waals surface area (Å²) < 4.78 is 8.89. The molecule has 0 aliphatic carbocycles. The second-order valence-electron chi connectivity index (χ2n) is 3.86. The van der Waals surface area contributed by atoms with Crippen LogP contribution in [0.2, 0.25) is 0 Å². The molecular formula is C11H11Cl3N4S. The van der Waals surface area contributed by atoms with Crippen molar-refractivity contribution in [3.63, 3.8) is 0 Å². The summed E-state index contributed by atoms with van der Waals surface area (Å²) in [5.74, 6) is 0.678. The topological polar surface area (TPSA) is 40.3 Å². The van der Waals surface area contributed by atoms with Gasteiger partial charge in [0.05, 0.1) is 0 Å². The van der Waals surface area contributed by atoms with Crippen LogP contribution in [0.25, 0.3) is 0 Å². The number of rotatable bonds is 2. The lowest BCUT2D eigenvalue weighted by molar-refractivity contribution is 0.693. The normalized spacial score (nSPS) is 19.8. The van der Waals surface area contributed by atoms with E-state index in [0.29, 0.717) is 5.84 Å². The molecule has 19 heavy (non-hydrogen) atoms. The Kier molecular flexibility index (Phi) is 4.63. The van der Waals surface area contributed by atoms with Crippen LogP contribution >= 0.6 is 34.8 Å². The molecule has 1 aromatic carbocycles. The van der Waals surface area contributed by atoms with E-state index in [1.54, 1.807) is 0 Å². The van der Waals surface area contributed by atoms with Gasteiger partial charge in [-0.15, -0.1) is 0 Å². The van der Waals surface area contributed by atoms with E-state index >= 15 is 0 Å². The highest BCUT2D eigenvalue weighted by molar-refractivity contribution is 7.84. The number of aliphatic imine (C=N–C) groups is 1. The van der Waals surface area contributed by atoms with Gasteiger partial charge in [-0.3, -0.25) is 0 Å². The molecule has 0 N–H and O–H groups in total. The van der Waals surface area contributed by atoms with Crippen molar-refractivity contribution in [3.05, 3.63) is 35.9 Å². The zero-order chi connectivity index (χ0) is 14.0. The highest BCUT2D eigenvalue weighted by atomic mass is 35.6. The molecule has 0 spiro atoms. The third kappa shape index (κ3) is 3.77. The summed E-state index contributed by atoms with van der Waals surface area (Å²) in [6.07, 6.45) is 0. The largest absolute Gasteiger partial charge is 0.250 e. The number of alkyl halides is 3. The average Bonchev–Trinajstić information content (AvgIpc) is 2.38. The number of nitrogens with zero attached hydrogens (tertiary/aromatic N) is 4. The molecule has 1 heterocycles. The van der Waals surface area contributed by atoms with Crippen LogP contribution in [0.1, 0.15) is 5.56 Å². The van der Waals surface area contributed by atoms with Gasteiger partial charge in [0.2, 0.25) is 0 Å². The van der Waals surface area contributed by atoms with Crippen molar-refractivity contribution < 1.29 is 0 Å². The Morgan fingerprint density at radius 1 is 1.11 bits per heavy atom. The maximum Gasteiger partial charge on any atom is 0.250 e. The quantitative estimate of drug-likeness (QED) is 0.762. The lowest BCUT2D eigenvalue weighted by atomic mass is 10.2. The Morgan fingerprint density at radius 2 is 1.74 bits per heavy atom. The number of amidine groups is 2. The van der Waals surface area contributed by atoms with Crippen molar-refractivity contribution in [3.8, 4) is 0 Å². The standard InChI is InChI=1S/C11H11Cl3N4S/c1-18(2)19-16-9(8-6-4-3-5-7-8)15-10(17-19)11(12,13)14/h3-7H,1-2H3. The smallest absolute Gasteiger partial charge is 0.229 e. The van der Waals surface area contributed by atoms with Gasteiger partial charge in [0.1, 0.15) is 11.1 Å². The lowest BCUT2D eigenvalue weighted by Crippen LogP contribution is -2.26. The van der Waals surface area contributed by atoms with Gasteiger partial charge in [0, 0.05) is 5.56 Å². The number of benzene rings is 1. The fourth-order valence-electron chi connectivity index (χ4n) is 1.30. The minimum absolute atomic E-state index is 0.156. The molecule has 0 amide bonds. The molecule has 1 aliphatic rings. The number of halogens is 3. The highest BCUT2D eigenvalue weighted by Crippen LogP contribution is 2.31. The van der Waals surface area contributed by atoms with Crippen LogP contribution in [0.15, 0.2) is 44.1 Å². The molecule has 2 rings (SSSR count). The van der Waals surface area contributed by atoms with Crippen molar-refractivity contribution >= 4 is 57.5 Å².